The van der Waals surface area contributed by atoms with Gasteiger partial charge in [0.1, 0.15) is 18.2 Å². The van der Waals surface area contributed by atoms with Crippen LogP contribution in [0.5, 0.6) is 0 Å². The van der Waals surface area contributed by atoms with Crippen molar-refractivity contribution in [3.63, 3.8) is 0 Å². The van der Waals surface area contributed by atoms with Crippen LogP contribution in [0.2, 0.25) is 0 Å². The Balaban J connectivity index is 1.65. The number of carbonyl (C=O) groups is 2. The van der Waals surface area contributed by atoms with E-state index in [1.54, 1.807) is 24.1 Å². The van der Waals surface area contributed by atoms with Crippen molar-refractivity contribution in [3.05, 3.63) is 108 Å². The summed E-state index contributed by atoms with van der Waals surface area (Å²) in [5.74, 6) is -0.649. The largest absolute Gasteiger partial charge is 0.368 e. The normalized spacial score (nSPS) is 22.1. The number of carbonyl (C=O) groups excluding carboxylic acids is 2. The van der Waals surface area contributed by atoms with Crippen LogP contribution in [-0.4, -0.2) is 36.4 Å². The maximum atomic E-state index is 13.6. The lowest BCUT2D eigenvalue weighted by Gasteiger charge is -2.29. The topological polar surface area (TPSA) is 84.7 Å². The van der Waals surface area contributed by atoms with Gasteiger partial charge in [0.15, 0.2) is 0 Å². The van der Waals surface area contributed by atoms with Crippen LogP contribution in [0.4, 0.5) is 0 Å². The number of nitrogens with zero attached hydrogens (tertiary/aromatic N) is 1. The molecule has 4 rings (SSSR count). The van der Waals surface area contributed by atoms with Crippen molar-refractivity contribution in [1.82, 2.24) is 10.2 Å². The van der Waals surface area contributed by atoms with E-state index in [1.165, 1.54) is 0 Å². The van der Waals surface area contributed by atoms with Crippen LogP contribution in [0.3, 0.4) is 0 Å². The average Bonchev–Trinajstić information content (AvgIpc) is 2.97. The van der Waals surface area contributed by atoms with Crippen LogP contribution in [0.25, 0.3) is 0 Å². The minimum absolute atomic E-state index is 0.223. The molecule has 6 heteroatoms. The van der Waals surface area contributed by atoms with Gasteiger partial charge in [-0.3, -0.25) is 9.59 Å². The minimum Gasteiger partial charge on any atom is -0.368 e. The third-order valence-corrected chi connectivity index (χ3v) is 5.87. The zero-order valence-corrected chi connectivity index (χ0v) is 17.9. The molecule has 0 aliphatic carbocycles. The molecule has 32 heavy (non-hydrogen) atoms. The molecule has 1 heterocycles. The maximum Gasteiger partial charge on any atom is 0.248 e. The first-order valence-electron chi connectivity index (χ1n) is 10.7. The van der Waals surface area contributed by atoms with Crippen molar-refractivity contribution in [1.29, 1.82) is 0 Å². The zero-order chi connectivity index (χ0) is 22.5. The van der Waals surface area contributed by atoms with Crippen LogP contribution >= 0.6 is 0 Å². The van der Waals surface area contributed by atoms with Gasteiger partial charge in [-0.1, -0.05) is 91.0 Å². The maximum absolute atomic E-state index is 13.6. The Kier molecular flexibility index (Phi) is 6.63. The summed E-state index contributed by atoms with van der Waals surface area (Å²) in [4.78, 5) is 28.3. The number of rotatable bonds is 5. The van der Waals surface area contributed by atoms with Crippen LogP contribution < -0.4 is 11.1 Å². The minimum atomic E-state index is -0.904. The smallest absolute Gasteiger partial charge is 0.248 e. The lowest BCUT2D eigenvalue weighted by atomic mass is 9.99. The van der Waals surface area contributed by atoms with Gasteiger partial charge in [-0.25, -0.2) is 0 Å². The SMILES string of the molecule is CN1C(=O)[C@@H](NC(=O)[C@@H](N)c2ccccc2)[C@@H](c2ccccc2)OC[C@H]1c1ccccc1. The Hall–Kier alpha value is -3.48. The summed E-state index contributed by atoms with van der Waals surface area (Å²) in [6.07, 6.45) is -0.633. The van der Waals surface area contributed by atoms with E-state index >= 15 is 0 Å². The highest BCUT2D eigenvalue weighted by Gasteiger charge is 2.40. The summed E-state index contributed by atoms with van der Waals surface area (Å²) in [5, 5.41) is 2.88. The van der Waals surface area contributed by atoms with Crippen LogP contribution in [-0.2, 0) is 14.3 Å². The molecule has 3 aromatic rings. The van der Waals surface area contributed by atoms with E-state index in [0.717, 1.165) is 11.1 Å². The van der Waals surface area contributed by atoms with E-state index in [4.69, 9.17) is 10.5 Å². The molecule has 4 atom stereocenters. The van der Waals surface area contributed by atoms with Crippen molar-refractivity contribution in [3.8, 4) is 0 Å². The van der Waals surface area contributed by atoms with Crippen LogP contribution in [0, 0.1) is 0 Å². The predicted octanol–water partition coefficient (Wildman–Crippen LogP) is 3.14. The molecule has 0 radical (unpaired) electrons. The molecule has 164 valence electrons. The van der Waals surface area contributed by atoms with Gasteiger partial charge in [-0.2, -0.15) is 0 Å². The number of amides is 2. The number of benzene rings is 3. The molecular weight excluding hydrogens is 402 g/mol. The number of likely N-dealkylation sites (N-methyl/N-ethyl adjacent to an activating group) is 1. The van der Waals surface area contributed by atoms with Crippen LogP contribution in [0.15, 0.2) is 91.0 Å². The second-order valence-corrected chi connectivity index (χ2v) is 7.91. The first-order valence-corrected chi connectivity index (χ1v) is 10.7. The molecule has 1 aliphatic heterocycles. The van der Waals surface area contributed by atoms with Crippen LogP contribution in [0.1, 0.15) is 34.9 Å². The number of hydrogen-bond acceptors (Lipinski definition) is 4. The Morgan fingerprint density at radius 2 is 1.47 bits per heavy atom. The van der Waals surface area contributed by atoms with Crippen molar-refractivity contribution in [2.24, 2.45) is 5.73 Å². The van der Waals surface area contributed by atoms with Gasteiger partial charge in [0.25, 0.3) is 0 Å². The molecular formula is C26H27N3O3. The van der Waals surface area contributed by atoms with Gasteiger partial charge in [0.2, 0.25) is 11.8 Å². The highest BCUT2D eigenvalue weighted by atomic mass is 16.5. The highest BCUT2D eigenvalue weighted by Crippen LogP contribution is 2.32. The van der Waals surface area contributed by atoms with Crippen molar-refractivity contribution in [2.75, 3.05) is 13.7 Å². The van der Waals surface area contributed by atoms with Gasteiger partial charge < -0.3 is 20.7 Å². The Bertz CT molecular complexity index is 1040. The second kappa shape index (κ2) is 9.77. The molecule has 0 spiro atoms. The third-order valence-electron chi connectivity index (χ3n) is 5.87. The summed E-state index contributed by atoms with van der Waals surface area (Å²) in [6, 6.07) is 26.3. The van der Waals surface area contributed by atoms with E-state index in [2.05, 4.69) is 5.32 Å². The number of nitrogens with two attached hydrogens (primary N) is 1. The summed E-state index contributed by atoms with van der Waals surface area (Å²) >= 11 is 0. The monoisotopic (exact) mass is 429 g/mol. The van der Waals surface area contributed by atoms with E-state index < -0.39 is 24.1 Å². The first-order chi connectivity index (χ1) is 15.6. The molecule has 3 aromatic carbocycles. The highest BCUT2D eigenvalue weighted by molar-refractivity contribution is 5.91. The molecule has 1 aliphatic rings. The fourth-order valence-electron chi connectivity index (χ4n) is 4.02. The van der Waals surface area contributed by atoms with E-state index in [0.29, 0.717) is 12.2 Å². The molecule has 2 amide bonds. The number of nitrogens with one attached hydrogen (secondary N) is 1. The van der Waals surface area contributed by atoms with E-state index in [1.807, 2.05) is 78.9 Å². The molecule has 0 unspecified atom stereocenters. The predicted molar refractivity (Wildman–Crippen MR) is 122 cm³/mol. The number of hydrogen-bond donors (Lipinski definition) is 2. The van der Waals surface area contributed by atoms with Crippen molar-refractivity contribution in [2.45, 2.75) is 24.2 Å². The fraction of sp³-hybridized carbons (Fsp3) is 0.231. The molecule has 1 fully saturated rings. The lowest BCUT2D eigenvalue weighted by Crippen LogP contribution is -2.51. The van der Waals surface area contributed by atoms with Gasteiger partial charge in [-0.05, 0) is 16.7 Å². The zero-order valence-electron chi connectivity index (χ0n) is 17.9. The van der Waals surface area contributed by atoms with E-state index in [9.17, 15) is 9.59 Å². The summed E-state index contributed by atoms with van der Waals surface area (Å²) in [5.41, 5.74) is 8.67. The molecule has 0 bridgehead atoms. The van der Waals surface area contributed by atoms with Gasteiger partial charge >= 0.3 is 0 Å². The average molecular weight is 430 g/mol. The Morgan fingerprint density at radius 3 is 2.06 bits per heavy atom. The van der Waals surface area contributed by atoms with Gasteiger partial charge in [0.05, 0.1) is 12.6 Å². The Labute approximate surface area is 188 Å². The molecule has 0 aromatic heterocycles. The molecule has 1 saturated heterocycles. The third kappa shape index (κ3) is 4.56. The summed E-state index contributed by atoms with van der Waals surface area (Å²) < 4.78 is 6.28. The number of ether oxygens (including phenoxy) is 1. The van der Waals surface area contributed by atoms with Gasteiger partial charge in [-0.15, -0.1) is 0 Å². The molecule has 3 N–H and O–H groups in total. The fourth-order valence-corrected chi connectivity index (χ4v) is 4.02. The second-order valence-electron chi connectivity index (χ2n) is 7.91. The van der Waals surface area contributed by atoms with Crippen molar-refractivity contribution >= 4 is 11.8 Å². The standard InChI is InChI=1S/C26H27N3O3/c1-29-21(18-11-5-2-6-12-18)17-32-24(20-15-9-4-10-16-20)23(26(29)31)28-25(30)22(27)19-13-7-3-8-14-19/h2-16,21-24H,17,27H2,1H3,(H,28,30)/t21-,22-,23-,24+/m0/s1. The van der Waals surface area contributed by atoms with Gasteiger partial charge in [0, 0.05) is 7.05 Å². The molecule has 6 nitrogen and oxygen atoms in total. The molecule has 0 saturated carbocycles. The first kappa shape index (κ1) is 21.7. The summed E-state index contributed by atoms with van der Waals surface area (Å²) in [7, 11) is 1.74. The van der Waals surface area contributed by atoms with Crippen molar-refractivity contribution < 1.29 is 14.3 Å². The summed E-state index contributed by atoms with van der Waals surface area (Å²) in [6.45, 7) is 0.308. The van der Waals surface area contributed by atoms with E-state index in [-0.39, 0.29) is 11.9 Å². The lowest BCUT2D eigenvalue weighted by molar-refractivity contribution is -0.138. The quantitative estimate of drug-likeness (QED) is 0.653. The Morgan fingerprint density at radius 1 is 0.938 bits per heavy atom.